The van der Waals surface area contributed by atoms with Crippen LogP contribution in [0.3, 0.4) is 0 Å². The van der Waals surface area contributed by atoms with Crippen molar-refractivity contribution in [1.82, 2.24) is 0 Å². The molecule has 29 heavy (non-hydrogen) atoms. The molecule has 0 aromatic rings. The summed E-state index contributed by atoms with van der Waals surface area (Å²) in [6, 6.07) is 0. The van der Waals surface area contributed by atoms with Crippen molar-refractivity contribution in [1.29, 1.82) is 0 Å². The number of hydrogen-bond acceptors (Lipinski definition) is 4. The minimum Gasteiger partial charge on any atom is -0.478 e. The van der Waals surface area contributed by atoms with Gasteiger partial charge in [-0.3, -0.25) is 4.79 Å². The van der Waals surface area contributed by atoms with Crippen LogP contribution in [0.4, 0.5) is 0 Å². The van der Waals surface area contributed by atoms with Gasteiger partial charge in [-0.15, -0.1) is 0 Å². The quantitative estimate of drug-likeness (QED) is 0.103. The van der Waals surface area contributed by atoms with Crippen molar-refractivity contribution in [2.75, 3.05) is 0 Å². The average Bonchev–Trinajstić information content (AvgIpc) is 2.65. The van der Waals surface area contributed by atoms with Crippen LogP contribution in [0.1, 0.15) is 123 Å². The van der Waals surface area contributed by atoms with E-state index < -0.39 is 18.0 Å². The van der Waals surface area contributed by atoms with Gasteiger partial charge in [0.2, 0.25) is 0 Å². The van der Waals surface area contributed by atoms with Crippen LogP contribution in [0, 0.1) is 0 Å². The zero-order valence-corrected chi connectivity index (χ0v) is 18.8. The first-order valence-electron chi connectivity index (χ1n) is 11.8. The van der Waals surface area contributed by atoms with Gasteiger partial charge < -0.3 is 14.9 Å². The topological polar surface area (TPSA) is 83.8 Å². The molecule has 0 heterocycles. The lowest BCUT2D eigenvalue weighted by molar-refractivity contribution is -0.142. The SMILES string of the molecule is CCCCCCCCCCCC(=CC(=O)O)OC(=O)CC(O)CCCCCCC. The Morgan fingerprint density at radius 2 is 1.28 bits per heavy atom. The molecule has 0 radical (unpaired) electrons. The van der Waals surface area contributed by atoms with Crippen molar-refractivity contribution >= 4 is 11.9 Å². The van der Waals surface area contributed by atoms with E-state index in [1.54, 1.807) is 0 Å². The molecule has 0 amide bonds. The number of carbonyl (C=O) groups excluding carboxylic acids is 1. The molecule has 0 aromatic carbocycles. The predicted octanol–water partition coefficient (Wildman–Crippen LogP) is 6.53. The van der Waals surface area contributed by atoms with E-state index in [0.717, 1.165) is 44.6 Å². The molecule has 0 spiro atoms. The summed E-state index contributed by atoms with van der Waals surface area (Å²) in [5, 5.41) is 19.0. The van der Waals surface area contributed by atoms with Crippen molar-refractivity contribution in [3.05, 3.63) is 11.8 Å². The molecule has 5 heteroatoms. The van der Waals surface area contributed by atoms with Gasteiger partial charge in [-0.2, -0.15) is 0 Å². The van der Waals surface area contributed by atoms with Crippen LogP contribution >= 0.6 is 0 Å². The van der Waals surface area contributed by atoms with Gasteiger partial charge in [-0.05, 0) is 12.8 Å². The van der Waals surface area contributed by atoms with E-state index in [1.165, 1.54) is 51.4 Å². The average molecular weight is 413 g/mol. The van der Waals surface area contributed by atoms with Gasteiger partial charge in [0.25, 0.3) is 0 Å². The van der Waals surface area contributed by atoms with Crippen molar-refractivity contribution in [3.63, 3.8) is 0 Å². The minimum absolute atomic E-state index is 0.0809. The number of carboxylic acids is 1. The van der Waals surface area contributed by atoms with E-state index in [1.807, 2.05) is 0 Å². The van der Waals surface area contributed by atoms with E-state index in [0.29, 0.717) is 12.8 Å². The highest BCUT2D eigenvalue weighted by Crippen LogP contribution is 2.16. The number of aliphatic hydroxyl groups excluding tert-OH is 1. The van der Waals surface area contributed by atoms with E-state index in [2.05, 4.69) is 13.8 Å². The summed E-state index contributed by atoms with van der Waals surface area (Å²) in [7, 11) is 0. The number of rotatable bonds is 20. The molecule has 0 saturated heterocycles. The summed E-state index contributed by atoms with van der Waals surface area (Å²) in [6.45, 7) is 4.37. The second kappa shape index (κ2) is 19.9. The molecule has 170 valence electrons. The molecule has 0 aliphatic heterocycles. The Morgan fingerprint density at radius 3 is 1.79 bits per heavy atom. The van der Waals surface area contributed by atoms with Crippen molar-refractivity contribution in [3.8, 4) is 0 Å². The van der Waals surface area contributed by atoms with Crippen LogP contribution in [0.15, 0.2) is 11.8 Å². The van der Waals surface area contributed by atoms with Crippen LogP contribution in [0.2, 0.25) is 0 Å². The molecule has 1 atom stereocenters. The van der Waals surface area contributed by atoms with E-state index in [9.17, 15) is 14.7 Å². The molecule has 0 aromatic heterocycles. The Bertz CT molecular complexity index is 445. The molecule has 0 aliphatic rings. The zero-order valence-electron chi connectivity index (χ0n) is 18.8. The highest BCUT2D eigenvalue weighted by atomic mass is 16.5. The van der Waals surface area contributed by atoms with Crippen LogP contribution in [0.25, 0.3) is 0 Å². The number of ether oxygens (including phenoxy) is 1. The number of hydrogen-bond donors (Lipinski definition) is 2. The highest BCUT2D eigenvalue weighted by molar-refractivity contribution is 5.81. The van der Waals surface area contributed by atoms with Gasteiger partial charge in [0.05, 0.1) is 18.6 Å². The lowest BCUT2D eigenvalue weighted by Gasteiger charge is -2.12. The molecule has 0 saturated carbocycles. The van der Waals surface area contributed by atoms with Crippen LogP contribution in [-0.4, -0.2) is 28.3 Å². The van der Waals surface area contributed by atoms with Gasteiger partial charge in [-0.25, -0.2) is 4.79 Å². The summed E-state index contributed by atoms with van der Waals surface area (Å²) in [6.07, 6.45) is 17.2. The summed E-state index contributed by atoms with van der Waals surface area (Å²) >= 11 is 0. The third-order valence-electron chi connectivity index (χ3n) is 5.10. The highest BCUT2D eigenvalue weighted by Gasteiger charge is 2.14. The molecular formula is C24H44O5. The third-order valence-corrected chi connectivity index (χ3v) is 5.10. The monoisotopic (exact) mass is 412 g/mol. The molecule has 0 bridgehead atoms. The predicted molar refractivity (Wildman–Crippen MR) is 118 cm³/mol. The van der Waals surface area contributed by atoms with E-state index in [4.69, 9.17) is 9.84 Å². The maximum absolute atomic E-state index is 12.0. The zero-order chi connectivity index (χ0) is 21.7. The van der Waals surface area contributed by atoms with Crippen molar-refractivity contribution in [2.45, 2.75) is 129 Å². The second-order valence-electron chi connectivity index (χ2n) is 8.06. The first-order valence-corrected chi connectivity index (χ1v) is 11.8. The first kappa shape index (κ1) is 27.6. The van der Waals surface area contributed by atoms with Gasteiger partial charge in [-0.1, -0.05) is 97.3 Å². The first-order chi connectivity index (χ1) is 14.0. The summed E-state index contributed by atoms with van der Waals surface area (Å²) in [4.78, 5) is 23.0. The lowest BCUT2D eigenvalue weighted by Crippen LogP contribution is -2.16. The molecular weight excluding hydrogens is 368 g/mol. The molecule has 5 nitrogen and oxygen atoms in total. The fraction of sp³-hybridized carbons (Fsp3) is 0.833. The van der Waals surface area contributed by atoms with E-state index >= 15 is 0 Å². The smallest absolute Gasteiger partial charge is 0.331 e. The summed E-state index contributed by atoms with van der Waals surface area (Å²) in [5.74, 6) is -1.46. The lowest BCUT2D eigenvalue weighted by atomic mass is 10.1. The minimum atomic E-state index is -1.11. The van der Waals surface area contributed by atoms with E-state index in [-0.39, 0.29) is 12.2 Å². The molecule has 2 N–H and O–H groups in total. The number of esters is 1. The number of carboxylic acid groups (broad SMARTS) is 1. The summed E-state index contributed by atoms with van der Waals surface area (Å²) in [5.41, 5.74) is 0. The Kier molecular flexibility index (Phi) is 19.0. The van der Waals surface area contributed by atoms with Crippen LogP contribution in [0.5, 0.6) is 0 Å². The van der Waals surface area contributed by atoms with Gasteiger partial charge in [0.1, 0.15) is 5.76 Å². The number of unbranched alkanes of at least 4 members (excludes halogenated alkanes) is 12. The molecule has 1 unspecified atom stereocenters. The number of allylic oxidation sites excluding steroid dienone is 1. The van der Waals surface area contributed by atoms with Crippen molar-refractivity contribution in [2.24, 2.45) is 0 Å². The maximum atomic E-state index is 12.0. The van der Waals surface area contributed by atoms with Gasteiger partial charge >= 0.3 is 11.9 Å². The number of aliphatic carboxylic acids is 1. The molecule has 0 fully saturated rings. The Morgan fingerprint density at radius 1 is 0.793 bits per heavy atom. The molecule has 0 rings (SSSR count). The maximum Gasteiger partial charge on any atom is 0.331 e. The fourth-order valence-corrected chi connectivity index (χ4v) is 3.37. The van der Waals surface area contributed by atoms with Gasteiger partial charge in [0, 0.05) is 6.42 Å². The Labute approximate surface area is 177 Å². The fourth-order valence-electron chi connectivity index (χ4n) is 3.37. The number of aliphatic hydroxyl groups is 1. The van der Waals surface area contributed by atoms with Gasteiger partial charge in [0.15, 0.2) is 0 Å². The molecule has 0 aliphatic carbocycles. The largest absolute Gasteiger partial charge is 0.478 e. The standard InChI is InChI=1S/C24H44O5/c1-3-5-7-9-10-11-12-14-16-18-22(20-23(26)27)29-24(28)19-21(25)17-15-13-8-6-4-2/h20-21,25H,3-19H2,1-2H3,(H,26,27). The Hall–Kier alpha value is -1.36. The Balaban J connectivity index is 4.03. The van der Waals surface area contributed by atoms with Crippen LogP contribution in [-0.2, 0) is 14.3 Å². The normalized spacial score (nSPS) is 12.7. The second-order valence-corrected chi connectivity index (χ2v) is 8.06. The van der Waals surface area contributed by atoms with Crippen molar-refractivity contribution < 1.29 is 24.5 Å². The third kappa shape index (κ3) is 19.7. The number of carbonyl (C=O) groups is 2. The summed E-state index contributed by atoms with van der Waals surface area (Å²) < 4.78 is 5.23. The van der Waals surface area contributed by atoms with Crippen LogP contribution < -0.4 is 0 Å².